The van der Waals surface area contributed by atoms with E-state index in [0.29, 0.717) is 4.60 Å². The lowest BCUT2D eigenvalue weighted by atomic mass is 10.6. The van der Waals surface area contributed by atoms with Gasteiger partial charge in [-0.05, 0) is 28.1 Å². The Morgan fingerprint density at radius 1 is 1.50 bits per heavy atom. The minimum atomic E-state index is -2.03. The molecule has 0 aliphatic carbocycles. The van der Waals surface area contributed by atoms with E-state index in [1.54, 1.807) is 6.07 Å². The first kappa shape index (κ1) is 7.77. The minimum absolute atomic E-state index is 0.0585. The molecule has 0 saturated carbocycles. The number of nitrogens with zero attached hydrogens (tertiary/aromatic N) is 2. The fourth-order valence-corrected chi connectivity index (χ4v) is 0.903. The summed E-state index contributed by atoms with van der Waals surface area (Å²) in [4.78, 5) is 0. The van der Waals surface area contributed by atoms with Crippen LogP contribution in [-0.2, 0) is 11.1 Å². The van der Waals surface area contributed by atoms with Gasteiger partial charge in [-0.25, -0.2) is 4.21 Å². The van der Waals surface area contributed by atoms with E-state index in [1.807, 2.05) is 0 Å². The molecule has 54 valence electrons. The molecule has 0 radical (unpaired) electrons. The highest BCUT2D eigenvalue weighted by Crippen LogP contribution is 2.04. The van der Waals surface area contributed by atoms with Crippen LogP contribution in [0.25, 0.3) is 0 Å². The largest absolute Gasteiger partial charge is 0.301 e. The van der Waals surface area contributed by atoms with Crippen molar-refractivity contribution in [1.82, 2.24) is 10.2 Å². The SMILES string of the molecule is O=S(O)c1ccc(Br)nn1. The van der Waals surface area contributed by atoms with Crippen LogP contribution in [0.2, 0.25) is 0 Å². The number of hydrogen-bond donors (Lipinski definition) is 1. The van der Waals surface area contributed by atoms with Gasteiger partial charge in [-0.3, -0.25) is 0 Å². The molecule has 0 amide bonds. The summed E-state index contributed by atoms with van der Waals surface area (Å²) in [7, 11) is 0. The molecule has 0 aliphatic heterocycles. The Balaban J connectivity index is 3.00. The van der Waals surface area contributed by atoms with Crippen LogP contribution in [0.5, 0.6) is 0 Å². The maximum Gasteiger partial charge on any atom is 0.207 e. The minimum Gasteiger partial charge on any atom is -0.301 e. The lowest BCUT2D eigenvalue weighted by Gasteiger charge is -1.90. The number of hydrogen-bond acceptors (Lipinski definition) is 3. The van der Waals surface area contributed by atoms with Gasteiger partial charge in [0.15, 0.2) is 5.03 Å². The molecule has 0 bridgehead atoms. The van der Waals surface area contributed by atoms with Gasteiger partial charge in [0.2, 0.25) is 11.1 Å². The molecule has 1 aromatic heterocycles. The van der Waals surface area contributed by atoms with Crippen LogP contribution >= 0.6 is 15.9 Å². The van der Waals surface area contributed by atoms with Crippen LogP contribution in [0.3, 0.4) is 0 Å². The fraction of sp³-hybridized carbons (Fsp3) is 0. The van der Waals surface area contributed by atoms with E-state index in [9.17, 15) is 4.21 Å². The molecular weight excluding hydrogens is 220 g/mol. The normalized spacial score (nSPS) is 13.0. The van der Waals surface area contributed by atoms with Gasteiger partial charge in [0.05, 0.1) is 0 Å². The molecule has 1 rings (SSSR count). The summed E-state index contributed by atoms with van der Waals surface area (Å²) in [6.07, 6.45) is 0. The first-order valence-corrected chi connectivity index (χ1v) is 4.20. The summed E-state index contributed by atoms with van der Waals surface area (Å²) in [5.41, 5.74) is 0. The Bertz CT molecular complexity index is 250. The fourth-order valence-electron chi connectivity index (χ4n) is 0.397. The van der Waals surface area contributed by atoms with Gasteiger partial charge in [-0.2, -0.15) is 0 Å². The van der Waals surface area contributed by atoms with E-state index in [0.717, 1.165) is 0 Å². The Morgan fingerprint density at radius 2 is 2.20 bits per heavy atom. The van der Waals surface area contributed by atoms with Crippen molar-refractivity contribution in [3.63, 3.8) is 0 Å². The van der Waals surface area contributed by atoms with Gasteiger partial charge < -0.3 is 4.55 Å². The summed E-state index contributed by atoms with van der Waals surface area (Å²) in [5, 5.41) is 7.00. The topological polar surface area (TPSA) is 63.1 Å². The molecule has 0 saturated heterocycles. The highest BCUT2D eigenvalue weighted by molar-refractivity contribution is 9.10. The van der Waals surface area contributed by atoms with E-state index < -0.39 is 11.1 Å². The van der Waals surface area contributed by atoms with E-state index in [1.165, 1.54) is 6.07 Å². The Labute approximate surface area is 68.1 Å². The van der Waals surface area contributed by atoms with Crippen LogP contribution in [0.1, 0.15) is 0 Å². The molecule has 6 heteroatoms. The first-order valence-electron chi connectivity index (χ1n) is 2.30. The summed E-state index contributed by atoms with van der Waals surface area (Å²) in [5.74, 6) is 0. The van der Waals surface area contributed by atoms with E-state index in [2.05, 4.69) is 26.1 Å². The molecule has 0 aliphatic rings. The molecule has 1 N–H and O–H groups in total. The third-order valence-electron chi connectivity index (χ3n) is 0.786. The zero-order valence-electron chi connectivity index (χ0n) is 4.69. The smallest absolute Gasteiger partial charge is 0.207 e. The van der Waals surface area contributed by atoms with Crippen molar-refractivity contribution in [2.45, 2.75) is 5.03 Å². The Morgan fingerprint density at radius 3 is 2.60 bits per heavy atom. The van der Waals surface area contributed by atoms with Gasteiger partial charge in [0.25, 0.3) is 0 Å². The molecule has 1 unspecified atom stereocenters. The monoisotopic (exact) mass is 222 g/mol. The van der Waals surface area contributed by atoms with Gasteiger partial charge in [0.1, 0.15) is 4.60 Å². The van der Waals surface area contributed by atoms with Crippen LogP contribution in [0.4, 0.5) is 0 Å². The summed E-state index contributed by atoms with van der Waals surface area (Å²) in [6.45, 7) is 0. The lowest BCUT2D eigenvalue weighted by Crippen LogP contribution is -1.94. The van der Waals surface area contributed by atoms with Crippen molar-refractivity contribution in [3.8, 4) is 0 Å². The van der Waals surface area contributed by atoms with E-state index in [-0.39, 0.29) is 5.03 Å². The molecule has 0 aromatic carbocycles. The first-order chi connectivity index (χ1) is 4.70. The zero-order valence-corrected chi connectivity index (χ0v) is 7.09. The quantitative estimate of drug-likeness (QED) is 0.716. The zero-order chi connectivity index (χ0) is 7.56. The van der Waals surface area contributed by atoms with Crippen molar-refractivity contribution < 1.29 is 8.76 Å². The molecular formula is C4H3BrN2O2S. The van der Waals surface area contributed by atoms with Crippen LogP contribution in [-0.4, -0.2) is 19.0 Å². The van der Waals surface area contributed by atoms with Gasteiger partial charge >= 0.3 is 0 Å². The predicted molar refractivity (Wildman–Crippen MR) is 38.8 cm³/mol. The second-order valence-electron chi connectivity index (χ2n) is 1.44. The van der Waals surface area contributed by atoms with Crippen molar-refractivity contribution >= 4 is 27.0 Å². The number of rotatable bonds is 1. The van der Waals surface area contributed by atoms with Crippen molar-refractivity contribution in [2.24, 2.45) is 0 Å². The van der Waals surface area contributed by atoms with E-state index in [4.69, 9.17) is 4.55 Å². The van der Waals surface area contributed by atoms with Crippen molar-refractivity contribution in [2.75, 3.05) is 0 Å². The summed E-state index contributed by atoms with van der Waals surface area (Å²) < 4.78 is 19.3. The average molecular weight is 223 g/mol. The third-order valence-corrected chi connectivity index (χ3v) is 1.78. The highest BCUT2D eigenvalue weighted by atomic mass is 79.9. The standard InChI is InChI=1S/C4H3BrN2O2S/c5-3-1-2-4(7-6-3)10(8)9/h1-2H,(H,8,9). The van der Waals surface area contributed by atoms with Crippen LogP contribution < -0.4 is 0 Å². The lowest BCUT2D eigenvalue weighted by molar-refractivity contribution is 0.558. The second-order valence-corrected chi connectivity index (χ2v) is 3.17. The average Bonchev–Trinajstić information content (AvgIpc) is 1.88. The number of halogens is 1. The van der Waals surface area contributed by atoms with Gasteiger partial charge in [0, 0.05) is 0 Å². The highest BCUT2D eigenvalue weighted by Gasteiger charge is 1.99. The van der Waals surface area contributed by atoms with E-state index >= 15 is 0 Å². The van der Waals surface area contributed by atoms with Gasteiger partial charge in [-0.15, -0.1) is 10.2 Å². The van der Waals surface area contributed by atoms with Crippen LogP contribution in [0.15, 0.2) is 21.8 Å². The van der Waals surface area contributed by atoms with Crippen molar-refractivity contribution in [1.29, 1.82) is 0 Å². The molecule has 10 heavy (non-hydrogen) atoms. The molecule has 1 aromatic rings. The Hall–Kier alpha value is -0.330. The maximum absolute atomic E-state index is 10.3. The Kier molecular flexibility index (Phi) is 2.47. The molecule has 1 heterocycles. The van der Waals surface area contributed by atoms with Crippen LogP contribution in [0, 0.1) is 0 Å². The van der Waals surface area contributed by atoms with Gasteiger partial charge in [-0.1, -0.05) is 0 Å². The second kappa shape index (κ2) is 3.18. The summed E-state index contributed by atoms with van der Waals surface area (Å²) >= 11 is 1.01. The maximum atomic E-state index is 10.3. The molecule has 4 nitrogen and oxygen atoms in total. The molecule has 0 spiro atoms. The van der Waals surface area contributed by atoms with Crippen molar-refractivity contribution in [3.05, 3.63) is 16.7 Å². The predicted octanol–water partition coefficient (Wildman–Crippen LogP) is 0.820. The number of aromatic nitrogens is 2. The molecule has 0 fully saturated rings. The third kappa shape index (κ3) is 1.83. The summed E-state index contributed by atoms with van der Waals surface area (Å²) in [6, 6.07) is 2.98. The molecule has 1 atom stereocenters.